The minimum absolute atomic E-state index is 0.160. The van der Waals surface area contributed by atoms with Gasteiger partial charge in [0.05, 0.1) is 0 Å². The number of benzene rings is 1. The molecule has 1 aromatic heterocycles. The average Bonchev–Trinajstić information content (AvgIpc) is 2.80. The smallest absolute Gasteiger partial charge is 0.325 e. The van der Waals surface area contributed by atoms with Gasteiger partial charge in [0.25, 0.3) is 0 Å². The van der Waals surface area contributed by atoms with Crippen LogP contribution in [0.2, 0.25) is 0 Å². The lowest BCUT2D eigenvalue weighted by Gasteiger charge is -2.05. The zero-order chi connectivity index (χ0) is 13.8. The Bertz CT molecular complexity index is 564. The third kappa shape index (κ3) is 3.69. The van der Waals surface area contributed by atoms with Crippen LogP contribution in [0.5, 0.6) is 5.75 Å². The molecule has 0 fully saturated rings. The first-order valence-corrected chi connectivity index (χ1v) is 6.69. The Balaban J connectivity index is 1.95. The Hall–Kier alpha value is -2.08. The second-order valence-corrected chi connectivity index (χ2v) is 5.41. The molecule has 0 spiro atoms. The van der Waals surface area contributed by atoms with Crippen molar-refractivity contribution in [3.05, 3.63) is 35.3 Å². The van der Waals surface area contributed by atoms with E-state index in [9.17, 15) is 4.79 Å². The number of nitrogens with one attached hydrogen (secondary N) is 2. The summed E-state index contributed by atoms with van der Waals surface area (Å²) in [5.41, 5.74) is 0.607. The number of anilines is 2. The Kier molecular flexibility index (Phi) is 4.01. The van der Waals surface area contributed by atoms with Gasteiger partial charge in [-0.3, -0.25) is 5.32 Å². The molecule has 0 saturated carbocycles. The SMILES string of the molecule is CC(C)c1cnc(NC(=O)Nc2ccc(O)cc2)s1. The topological polar surface area (TPSA) is 74.2 Å². The molecular weight excluding hydrogens is 262 g/mol. The molecule has 19 heavy (non-hydrogen) atoms. The molecule has 5 nitrogen and oxygen atoms in total. The maximum Gasteiger partial charge on any atom is 0.325 e. The number of phenolic OH excluding ortho intramolecular Hbond substituents is 1. The molecule has 0 bridgehead atoms. The Morgan fingerprint density at radius 2 is 1.95 bits per heavy atom. The van der Waals surface area contributed by atoms with E-state index in [-0.39, 0.29) is 11.8 Å². The zero-order valence-corrected chi connectivity index (χ0v) is 11.5. The van der Waals surface area contributed by atoms with Gasteiger partial charge in [-0.25, -0.2) is 9.78 Å². The van der Waals surface area contributed by atoms with E-state index in [0.717, 1.165) is 4.88 Å². The molecule has 100 valence electrons. The number of hydrogen-bond donors (Lipinski definition) is 3. The van der Waals surface area contributed by atoms with Gasteiger partial charge in [-0.2, -0.15) is 0 Å². The second-order valence-electron chi connectivity index (χ2n) is 4.35. The van der Waals surface area contributed by atoms with Gasteiger partial charge in [-0.05, 0) is 30.2 Å². The Morgan fingerprint density at radius 3 is 2.53 bits per heavy atom. The van der Waals surface area contributed by atoms with Crippen molar-refractivity contribution in [3.8, 4) is 5.75 Å². The summed E-state index contributed by atoms with van der Waals surface area (Å²) >= 11 is 1.46. The average molecular weight is 277 g/mol. The molecule has 2 amide bonds. The minimum atomic E-state index is -0.352. The zero-order valence-electron chi connectivity index (χ0n) is 10.7. The Morgan fingerprint density at radius 1 is 1.26 bits per heavy atom. The van der Waals surface area contributed by atoms with Crippen LogP contribution in [0.4, 0.5) is 15.6 Å². The largest absolute Gasteiger partial charge is 0.508 e. The molecule has 1 heterocycles. The lowest BCUT2D eigenvalue weighted by Crippen LogP contribution is -2.19. The maximum atomic E-state index is 11.7. The van der Waals surface area contributed by atoms with E-state index in [1.807, 2.05) is 0 Å². The number of hydrogen-bond acceptors (Lipinski definition) is 4. The van der Waals surface area contributed by atoms with E-state index < -0.39 is 0 Å². The van der Waals surface area contributed by atoms with Crippen molar-refractivity contribution in [2.45, 2.75) is 19.8 Å². The van der Waals surface area contributed by atoms with Crippen molar-refractivity contribution in [1.29, 1.82) is 0 Å². The molecule has 0 saturated heterocycles. The summed E-state index contributed by atoms with van der Waals surface area (Å²) < 4.78 is 0. The summed E-state index contributed by atoms with van der Waals surface area (Å²) in [4.78, 5) is 17.0. The molecule has 2 aromatic rings. The summed E-state index contributed by atoms with van der Waals surface area (Å²) in [6.07, 6.45) is 1.77. The van der Waals surface area contributed by atoms with Gasteiger partial charge in [0.15, 0.2) is 5.13 Å². The Labute approximate surface area is 115 Å². The number of thiazole rings is 1. The lowest BCUT2D eigenvalue weighted by molar-refractivity contribution is 0.262. The molecule has 0 radical (unpaired) electrons. The van der Waals surface area contributed by atoms with E-state index in [2.05, 4.69) is 29.5 Å². The fourth-order valence-corrected chi connectivity index (χ4v) is 2.23. The summed E-state index contributed by atoms with van der Waals surface area (Å²) in [7, 11) is 0. The van der Waals surface area contributed by atoms with Crippen molar-refractivity contribution >= 4 is 28.2 Å². The van der Waals surface area contributed by atoms with E-state index >= 15 is 0 Å². The van der Waals surface area contributed by atoms with Crippen molar-refractivity contribution in [1.82, 2.24) is 4.98 Å². The fourth-order valence-electron chi connectivity index (χ4n) is 1.42. The van der Waals surface area contributed by atoms with Crippen LogP contribution in [0.25, 0.3) is 0 Å². The summed E-state index contributed by atoms with van der Waals surface area (Å²) in [5.74, 6) is 0.556. The van der Waals surface area contributed by atoms with Crippen molar-refractivity contribution in [2.24, 2.45) is 0 Å². The van der Waals surface area contributed by atoms with Crippen molar-refractivity contribution in [2.75, 3.05) is 10.6 Å². The molecule has 2 rings (SSSR count). The molecular formula is C13H15N3O2S. The first-order chi connectivity index (χ1) is 9.04. The number of urea groups is 1. The van der Waals surface area contributed by atoms with Gasteiger partial charge in [-0.1, -0.05) is 13.8 Å². The van der Waals surface area contributed by atoms with E-state index in [0.29, 0.717) is 16.7 Å². The van der Waals surface area contributed by atoms with Gasteiger partial charge in [0, 0.05) is 16.8 Å². The number of aromatic hydroxyl groups is 1. The van der Waals surface area contributed by atoms with Crippen LogP contribution < -0.4 is 10.6 Å². The standard InChI is InChI=1S/C13H15N3O2S/c1-8(2)11-7-14-13(19-11)16-12(18)15-9-3-5-10(17)6-4-9/h3-8,17H,1-2H3,(H2,14,15,16,18). The van der Waals surface area contributed by atoms with E-state index in [1.54, 1.807) is 18.3 Å². The third-order valence-corrected chi connectivity index (χ3v) is 3.65. The van der Waals surface area contributed by atoms with Gasteiger partial charge < -0.3 is 10.4 Å². The normalized spacial score (nSPS) is 10.5. The van der Waals surface area contributed by atoms with Crippen LogP contribution in [0, 0.1) is 0 Å². The van der Waals surface area contributed by atoms with Crippen LogP contribution in [0.3, 0.4) is 0 Å². The molecule has 0 aliphatic carbocycles. The van der Waals surface area contributed by atoms with Crippen LogP contribution in [0.1, 0.15) is 24.6 Å². The summed E-state index contributed by atoms with van der Waals surface area (Å²) in [6.45, 7) is 4.15. The van der Waals surface area contributed by atoms with Crippen molar-refractivity contribution < 1.29 is 9.90 Å². The van der Waals surface area contributed by atoms with Crippen LogP contribution in [-0.2, 0) is 0 Å². The number of nitrogens with zero attached hydrogens (tertiary/aromatic N) is 1. The maximum absolute atomic E-state index is 11.7. The first kappa shape index (κ1) is 13.4. The highest BCUT2D eigenvalue weighted by molar-refractivity contribution is 7.15. The molecule has 0 aliphatic heterocycles. The van der Waals surface area contributed by atoms with E-state index in [1.165, 1.54) is 23.5 Å². The molecule has 6 heteroatoms. The monoisotopic (exact) mass is 277 g/mol. The molecule has 3 N–H and O–H groups in total. The highest BCUT2D eigenvalue weighted by Gasteiger charge is 2.08. The molecule has 0 unspecified atom stereocenters. The molecule has 1 aromatic carbocycles. The van der Waals surface area contributed by atoms with Gasteiger partial charge >= 0.3 is 6.03 Å². The van der Waals surface area contributed by atoms with Gasteiger partial charge in [0.1, 0.15) is 5.75 Å². The predicted molar refractivity (Wildman–Crippen MR) is 77.0 cm³/mol. The number of rotatable bonds is 3. The summed E-state index contributed by atoms with van der Waals surface area (Å²) in [5, 5.41) is 15.1. The number of phenols is 1. The third-order valence-electron chi connectivity index (χ3n) is 2.44. The van der Waals surface area contributed by atoms with Crippen LogP contribution in [-0.4, -0.2) is 16.1 Å². The van der Waals surface area contributed by atoms with Gasteiger partial charge in [0.2, 0.25) is 0 Å². The minimum Gasteiger partial charge on any atom is -0.508 e. The lowest BCUT2D eigenvalue weighted by atomic mass is 10.2. The number of amides is 2. The predicted octanol–water partition coefficient (Wildman–Crippen LogP) is 3.62. The van der Waals surface area contributed by atoms with Crippen LogP contribution >= 0.6 is 11.3 Å². The number of aromatic nitrogens is 1. The quantitative estimate of drug-likeness (QED) is 0.750. The first-order valence-electron chi connectivity index (χ1n) is 5.87. The molecule has 0 aliphatic rings. The highest BCUT2D eigenvalue weighted by Crippen LogP contribution is 2.25. The second kappa shape index (κ2) is 5.71. The van der Waals surface area contributed by atoms with Crippen LogP contribution in [0.15, 0.2) is 30.5 Å². The van der Waals surface area contributed by atoms with E-state index in [4.69, 9.17) is 5.11 Å². The summed E-state index contributed by atoms with van der Waals surface area (Å²) in [6, 6.07) is 5.91. The van der Waals surface area contributed by atoms with Gasteiger partial charge in [-0.15, -0.1) is 11.3 Å². The highest BCUT2D eigenvalue weighted by atomic mass is 32.1. The molecule has 0 atom stereocenters. The number of carbonyl (C=O) groups is 1. The van der Waals surface area contributed by atoms with Crippen molar-refractivity contribution in [3.63, 3.8) is 0 Å². The fraction of sp³-hybridized carbons (Fsp3) is 0.231. The number of carbonyl (C=O) groups excluding carboxylic acids is 1.